The lowest BCUT2D eigenvalue weighted by atomic mass is 9.96. The van der Waals surface area contributed by atoms with Crippen molar-refractivity contribution in [1.82, 2.24) is 10.3 Å². The zero-order chi connectivity index (χ0) is 26.5. The highest BCUT2D eigenvalue weighted by Gasteiger charge is 2.47. The van der Waals surface area contributed by atoms with E-state index in [-0.39, 0.29) is 11.5 Å². The van der Waals surface area contributed by atoms with Gasteiger partial charge in [0.15, 0.2) is 0 Å². The number of unbranched alkanes of at least 4 members (excludes halogenated alkanes) is 1. The van der Waals surface area contributed by atoms with Crippen LogP contribution < -0.4 is 15.0 Å². The summed E-state index contributed by atoms with van der Waals surface area (Å²) in [6.07, 6.45) is 10.2. The highest BCUT2D eigenvalue weighted by Crippen LogP contribution is 2.53. The number of nitrogens with zero attached hydrogens (tertiary/aromatic N) is 2. The van der Waals surface area contributed by atoms with Crippen LogP contribution in [0, 0.1) is 0 Å². The highest BCUT2D eigenvalue weighted by molar-refractivity contribution is 6.31. The van der Waals surface area contributed by atoms with E-state index in [1.807, 2.05) is 30.6 Å². The SMILES string of the molecule is CC(=O)NCCCCN(C)c1ccc(Cl)c(COC2(c3cnccc3-c3ccccc3OC3CC3)CC2)c1. The van der Waals surface area contributed by atoms with E-state index in [4.69, 9.17) is 21.1 Å². The van der Waals surface area contributed by atoms with Crippen molar-refractivity contribution < 1.29 is 14.3 Å². The van der Waals surface area contributed by atoms with E-state index in [1.165, 1.54) is 0 Å². The van der Waals surface area contributed by atoms with Gasteiger partial charge in [-0.05, 0) is 80.0 Å². The first-order chi connectivity index (χ1) is 18.4. The number of aromatic nitrogens is 1. The minimum Gasteiger partial charge on any atom is -0.490 e. The Hall–Kier alpha value is -3.09. The summed E-state index contributed by atoms with van der Waals surface area (Å²) in [5, 5.41) is 3.56. The van der Waals surface area contributed by atoms with Gasteiger partial charge in [-0.25, -0.2) is 0 Å². The molecule has 0 spiro atoms. The topological polar surface area (TPSA) is 63.7 Å². The molecule has 1 amide bonds. The van der Waals surface area contributed by atoms with Crippen LogP contribution >= 0.6 is 11.6 Å². The highest BCUT2D eigenvalue weighted by atomic mass is 35.5. The Bertz CT molecular complexity index is 1270. The molecule has 0 radical (unpaired) electrons. The van der Waals surface area contributed by atoms with Crippen LogP contribution in [0.2, 0.25) is 5.02 Å². The molecule has 3 aromatic rings. The van der Waals surface area contributed by atoms with Crippen molar-refractivity contribution in [2.24, 2.45) is 0 Å². The number of benzene rings is 2. The molecule has 7 heteroatoms. The molecule has 2 fully saturated rings. The number of ether oxygens (including phenoxy) is 2. The Morgan fingerprint density at radius 2 is 1.95 bits per heavy atom. The smallest absolute Gasteiger partial charge is 0.216 e. The van der Waals surface area contributed by atoms with Crippen molar-refractivity contribution in [1.29, 1.82) is 0 Å². The number of carbonyl (C=O) groups is 1. The molecular formula is C31H36ClN3O3. The molecule has 0 unspecified atom stereocenters. The summed E-state index contributed by atoms with van der Waals surface area (Å²) in [7, 11) is 2.08. The average Bonchev–Trinajstić information content (AvgIpc) is 3.85. The second-order valence-corrected chi connectivity index (χ2v) is 10.8. The molecule has 0 atom stereocenters. The largest absolute Gasteiger partial charge is 0.490 e. The summed E-state index contributed by atoms with van der Waals surface area (Å²) < 4.78 is 12.9. The van der Waals surface area contributed by atoms with Gasteiger partial charge in [-0.1, -0.05) is 29.8 Å². The molecule has 6 nitrogen and oxygen atoms in total. The predicted octanol–water partition coefficient (Wildman–Crippen LogP) is 6.50. The van der Waals surface area contributed by atoms with Crippen LogP contribution in [0.15, 0.2) is 60.9 Å². The van der Waals surface area contributed by atoms with Crippen LogP contribution in [0.4, 0.5) is 5.69 Å². The minimum absolute atomic E-state index is 0.0170. The number of carbonyl (C=O) groups excluding carboxylic acids is 1. The van der Waals surface area contributed by atoms with E-state index in [1.54, 1.807) is 6.92 Å². The van der Waals surface area contributed by atoms with Gasteiger partial charge >= 0.3 is 0 Å². The Morgan fingerprint density at radius 3 is 2.71 bits per heavy atom. The molecule has 1 heterocycles. The Morgan fingerprint density at radius 1 is 1.13 bits per heavy atom. The Balaban J connectivity index is 1.28. The molecule has 0 saturated heterocycles. The van der Waals surface area contributed by atoms with Crippen molar-refractivity contribution >= 4 is 23.2 Å². The Kier molecular flexibility index (Phi) is 8.20. The summed E-state index contributed by atoms with van der Waals surface area (Å²) in [6.45, 7) is 3.58. The summed E-state index contributed by atoms with van der Waals surface area (Å²) in [4.78, 5) is 17.7. The standard InChI is InChI=1S/C31H36ClN3O3/c1-22(36)34-16-5-6-18-35(2)24-9-12-29(32)23(19-24)21-37-31(14-15-31)28-20-33-17-13-26(28)27-7-3-4-8-30(27)38-25-10-11-25/h3-4,7-9,12-13,17,19-20,25H,5-6,10-11,14-16,18,21H2,1-2H3,(H,34,36). The zero-order valence-electron chi connectivity index (χ0n) is 22.2. The second kappa shape index (κ2) is 11.7. The first-order valence-electron chi connectivity index (χ1n) is 13.5. The third-order valence-corrected chi connectivity index (χ3v) is 7.65. The fraction of sp³-hybridized carbons (Fsp3) is 0.419. The van der Waals surface area contributed by atoms with E-state index < -0.39 is 0 Å². The molecule has 38 heavy (non-hydrogen) atoms. The van der Waals surface area contributed by atoms with Crippen LogP contribution in [-0.2, 0) is 21.7 Å². The third kappa shape index (κ3) is 6.48. The molecule has 1 N–H and O–H groups in total. The first kappa shape index (κ1) is 26.5. The molecule has 1 aromatic heterocycles. The zero-order valence-corrected chi connectivity index (χ0v) is 23.0. The van der Waals surface area contributed by atoms with Crippen LogP contribution in [-0.4, -0.2) is 37.1 Å². The van der Waals surface area contributed by atoms with Gasteiger partial charge in [0.25, 0.3) is 0 Å². The van der Waals surface area contributed by atoms with Gasteiger partial charge in [0.05, 0.1) is 18.3 Å². The molecule has 2 aromatic carbocycles. The molecule has 5 rings (SSSR count). The predicted molar refractivity (Wildman–Crippen MR) is 152 cm³/mol. The van der Waals surface area contributed by atoms with Crippen molar-refractivity contribution in [3.05, 3.63) is 77.1 Å². The minimum atomic E-state index is -0.370. The third-order valence-electron chi connectivity index (χ3n) is 7.28. The maximum Gasteiger partial charge on any atom is 0.216 e. The van der Waals surface area contributed by atoms with E-state index in [2.05, 4.69) is 52.6 Å². The number of halogens is 1. The maximum absolute atomic E-state index is 11.1. The summed E-state index contributed by atoms with van der Waals surface area (Å²) in [5.41, 5.74) is 5.02. The summed E-state index contributed by atoms with van der Waals surface area (Å²) >= 11 is 6.61. The molecule has 200 valence electrons. The maximum atomic E-state index is 11.1. The second-order valence-electron chi connectivity index (χ2n) is 10.4. The van der Waals surface area contributed by atoms with Gasteiger partial charge in [-0.3, -0.25) is 9.78 Å². The summed E-state index contributed by atoms with van der Waals surface area (Å²) in [6, 6.07) is 16.4. The number of anilines is 1. The average molecular weight is 534 g/mol. The van der Waals surface area contributed by atoms with Crippen LogP contribution in [0.25, 0.3) is 11.1 Å². The van der Waals surface area contributed by atoms with Crippen molar-refractivity contribution in [3.8, 4) is 16.9 Å². The number of para-hydroxylation sites is 1. The first-order valence-corrected chi connectivity index (χ1v) is 13.9. The molecular weight excluding hydrogens is 498 g/mol. The van der Waals surface area contributed by atoms with Crippen LogP contribution in [0.5, 0.6) is 5.75 Å². The van der Waals surface area contributed by atoms with Crippen molar-refractivity contribution in [2.75, 3.05) is 25.0 Å². The molecule has 0 aliphatic heterocycles. The number of hydrogen-bond acceptors (Lipinski definition) is 5. The van der Waals surface area contributed by atoms with Gasteiger partial charge in [-0.15, -0.1) is 0 Å². The van der Waals surface area contributed by atoms with Gasteiger partial charge in [-0.2, -0.15) is 0 Å². The van der Waals surface area contributed by atoms with Gasteiger partial charge in [0.2, 0.25) is 5.91 Å². The Labute approximate surface area is 230 Å². The monoisotopic (exact) mass is 533 g/mol. The number of rotatable bonds is 13. The summed E-state index contributed by atoms with van der Waals surface area (Å²) in [5.74, 6) is 0.942. The normalized spacial score (nSPS) is 15.7. The van der Waals surface area contributed by atoms with E-state index in [0.717, 1.165) is 78.8 Å². The quantitative estimate of drug-likeness (QED) is 0.254. The molecule has 2 aliphatic rings. The number of hydrogen-bond donors (Lipinski definition) is 1. The van der Waals surface area contributed by atoms with Gasteiger partial charge in [0.1, 0.15) is 5.75 Å². The fourth-order valence-corrected chi connectivity index (χ4v) is 4.92. The fourth-order valence-electron chi connectivity index (χ4n) is 4.75. The van der Waals surface area contributed by atoms with Gasteiger partial charge < -0.3 is 19.7 Å². The van der Waals surface area contributed by atoms with Crippen molar-refractivity contribution in [3.63, 3.8) is 0 Å². The molecule has 2 aliphatic carbocycles. The van der Waals surface area contributed by atoms with E-state index in [0.29, 0.717) is 24.3 Å². The lowest BCUT2D eigenvalue weighted by molar-refractivity contribution is -0.118. The lowest BCUT2D eigenvalue weighted by Gasteiger charge is -2.23. The van der Waals surface area contributed by atoms with Crippen LogP contribution in [0.1, 0.15) is 56.6 Å². The van der Waals surface area contributed by atoms with Crippen LogP contribution in [0.3, 0.4) is 0 Å². The van der Waals surface area contributed by atoms with E-state index >= 15 is 0 Å². The number of amides is 1. The van der Waals surface area contributed by atoms with E-state index in [9.17, 15) is 4.79 Å². The number of nitrogens with one attached hydrogen (secondary N) is 1. The number of pyridine rings is 1. The molecule has 2 saturated carbocycles. The van der Waals surface area contributed by atoms with Gasteiger partial charge in [0, 0.05) is 61.3 Å². The molecule has 0 bridgehead atoms. The lowest BCUT2D eigenvalue weighted by Crippen LogP contribution is -2.23. The van der Waals surface area contributed by atoms with Crippen molar-refractivity contribution in [2.45, 2.75) is 63.8 Å².